The summed E-state index contributed by atoms with van der Waals surface area (Å²) in [6.07, 6.45) is 88.6. The second kappa shape index (κ2) is 65.8. The molecule has 0 aromatic carbocycles. The third-order valence-corrected chi connectivity index (χ3v) is 14.3. The van der Waals surface area contributed by atoms with Crippen LogP contribution in [0.2, 0.25) is 0 Å². The maximum atomic E-state index is 12.9. The molecule has 0 aromatic rings. The van der Waals surface area contributed by atoms with E-state index < -0.39 is 6.10 Å². The van der Waals surface area contributed by atoms with E-state index in [9.17, 15) is 14.4 Å². The lowest BCUT2D eigenvalue weighted by Gasteiger charge is -2.18. The summed E-state index contributed by atoms with van der Waals surface area (Å²) in [7, 11) is 0. The highest BCUT2D eigenvalue weighted by Crippen LogP contribution is 2.17. The molecule has 1 atom stereocenters. The highest BCUT2D eigenvalue weighted by Gasteiger charge is 2.19. The summed E-state index contributed by atoms with van der Waals surface area (Å²) in [4.78, 5) is 38.3. The van der Waals surface area contributed by atoms with Gasteiger partial charge >= 0.3 is 17.9 Å². The van der Waals surface area contributed by atoms with Crippen LogP contribution in [0.15, 0.2) is 97.2 Å². The lowest BCUT2D eigenvalue weighted by Crippen LogP contribution is -2.30. The first kappa shape index (κ1) is 74.3. The minimum atomic E-state index is -0.792. The van der Waals surface area contributed by atoms with Crippen molar-refractivity contribution in [1.82, 2.24) is 0 Å². The van der Waals surface area contributed by atoms with Crippen molar-refractivity contribution in [3.63, 3.8) is 0 Å². The Bertz CT molecular complexity index is 1530. The third kappa shape index (κ3) is 63.2. The molecule has 0 radical (unpaired) electrons. The Morgan fingerprint density at radius 1 is 0.269 bits per heavy atom. The van der Waals surface area contributed by atoms with Gasteiger partial charge in [0, 0.05) is 19.3 Å². The van der Waals surface area contributed by atoms with E-state index in [-0.39, 0.29) is 31.1 Å². The number of ether oxygens (including phenoxy) is 3. The molecule has 0 rings (SSSR count). The monoisotopic (exact) mass is 1080 g/mol. The molecule has 0 saturated heterocycles. The van der Waals surface area contributed by atoms with Gasteiger partial charge in [-0.05, 0) is 116 Å². The molecular formula is C72H124O6. The molecule has 0 spiro atoms. The predicted octanol–water partition coefficient (Wildman–Crippen LogP) is 22.8. The van der Waals surface area contributed by atoms with E-state index in [1.807, 2.05) is 0 Å². The van der Waals surface area contributed by atoms with Crippen LogP contribution in [-0.4, -0.2) is 37.2 Å². The Balaban J connectivity index is 4.25. The summed E-state index contributed by atoms with van der Waals surface area (Å²) < 4.78 is 16.9. The number of carbonyl (C=O) groups excluding carboxylic acids is 3. The fraction of sp³-hybridized carbons (Fsp3) is 0.736. The van der Waals surface area contributed by atoms with E-state index in [1.165, 1.54) is 173 Å². The number of carbonyl (C=O) groups is 3. The van der Waals surface area contributed by atoms with E-state index >= 15 is 0 Å². The summed E-state index contributed by atoms with van der Waals surface area (Å²) in [6, 6.07) is 0. The van der Waals surface area contributed by atoms with Crippen molar-refractivity contribution in [2.45, 2.75) is 329 Å². The molecule has 0 aromatic heterocycles. The predicted molar refractivity (Wildman–Crippen MR) is 339 cm³/mol. The molecule has 0 aliphatic rings. The zero-order valence-electron chi connectivity index (χ0n) is 51.4. The molecule has 0 saturated carbocycles. The van der Waals surface area contributed by atoms with Crippen LogP contribution in [0.4, 0.5) is 0 Å². The van der Waals surface area contributed by atoms with Gasteiger partial charge in [-0.25, -0.2) is 0 Å². The largest absolute Gasteiger partial charge is 0.462 e. The second-order valence-electron chi connectivity index (χ2n) is 22.0. The number of rotatable bonds is 60. The molecule has 448 valence electrons. The molecule has 0 bridgehead atoms. The number of hydrogen-bond donors (Lipinski definition) is 0. The molecule has 0 aliphatic carbocycles. The molecule has 0 fully saturated rings. The first-order valence-corrected chi connectivity index (χ1v) is 33.2. The maximum absolute atomic E-state index is 12.9. The first-order valence-electron chi connectivity index (χ1n) is 33.2. The molecule has 0 heterocycles. The van der Waals surface area contributed by atoms with Crippen LogP contribution in [-0.2, 0) is 28.6 Å². The van der Waals surface area contributed by atoms with Crippen LogP contribution in [0.25, 0.3) is 0 Å². The topological polar surface area (TPSA) is 78.9 Å². The Kier molecular flexibility index (Phi) is 62.7. The lowest BCUT2D eigenvalue weighted by atomic mass is 10.0. The summed E-state index contributed by atoms with van der Waals surface area (Å²) in [5, 5.41) is 0. The minimum Gasteiger partial charge on any atom is -0.462 e. The van der Waals surface area contributed by atoms with Gasteiger partial charge in [0.1, 0.15) is 13.2 Å². The number of esters is 3. The quantitative estimate of drug-likeness (QED) is 0.0261. The van der Waals surface area contributed by atoms with Gasteiger partial charge in [0.25, 0.3) is 0 Å². The lowest BCUT2D eigenvalue weighted by molar-refractivity contribution is -0.167. The minimum absolute atomic E-state index is 0.0864. The van der Waals surface area contributed by atoms with Gasteiger partial charge in [0.2, 0.25) is 0 Å². The number of allylic oxidation sites excluding steroid dienone is 16. The van der Waals surface area contributed by atoms with Crippen molar-refractivity contribution in [3.05, 3.63) is 97.2 Å². The van der Waals surface area contributed by atoms with Gasteiger partial charge in [-0.2, -0.15) is 0 Å². The summed E-state index contributed by atoms with van der Waals surface area (Å²) in [5.74, 6) is -0.909. The average molecular weight is 1090 g/mol. The fourth-order valence-corrected chi connectivity index (χ4v) is 9.39. The van der Waals surface area contributed by atoms with E-state index in [0.29, 0.717) is 19.3 Å². The van der Waals surface area contributed by atoms with Crippen LogP contribution in [0.3, 0.4) is 0 Å². The maximum Gasteiger partial charge on any atom is 0.306 e. The van der Waals surface area contributed by atoms with E-state index in [4.69, 9.17) is 14.2 Å². The van der Waals surface area contributed by atoms with E-state index in [0.717, 1.165) is 109 Å². The summed E-state index contributed by atoms with van der Waals surface area (Å²) in [5.41, 5.74) is 0. The SMILES string of the molecule is CC/C=C\C/C=C\C/C=C\C/C=C\CCCCCCCCCCCCCCCCCCC(=O)OCC(COC(=O)CCCCC/C=C\C/C=C\C/C=C\CC)OC(=O)CCCCCCCCC/C=C\CCCCCCCCC. The smallest absolute Gasteiger partial charge is 0.306 e. The van der Waals surface area contributed by atoms with E-state index in [2.05, 4.69) is 118 Å². The van der Waals surface area contributed by atoms with Gasteiger partial charge in [0.15, 0.2) is 6.10 Å². The van der Waals surface area contributed by atoms with Crippen LogP contribution in [0, 0.1) is 0 Å². The van der Waals surface area contributed by atoms with Crippen molar-refractivity contribution >= 4 is 17.9 Å². The Labute approximate surface area is 483 Å². The van der Waals surface area contributed by atoms with Crippen molar-refractivity contribution in [2.75, 3.05) is 13.2 Å². The highest BCUT2D eigenvalue weighted by molar-refractivity contribution is 5.71. The molecule has 1 unspecified atom stereocenters. The number of unbranched alkanes of at least 4 members (excludes halogenated alkanes) is 33. The van der Waals surface area contributed by atoms with Crippen molar-refractivity contribution in [2.24, 2.45) is 0 Å². The first-order chi connectivity index (χ1) is 38.5. The normalized spacial score (nSPS) is 12.7. The van der Waals surface area contributed by atoms with Crippen LogP contribution < -0.4 is 0 Å². The zero-order chi connectivity index (χ0) is 56.4. The number of hydrogen-bond acceptors (Lipinski definition) is 6. The Hall–Kier alpha value is -3.67. The van der Waals surface area contributed by atoms with Gasteiger partial charge in [-0.15, -0.1) is 0 Å². The fourth-order valence-electron chi connectivity index (χ4n) is 9.39. The van der Waals surface area contributed by atoms with E-state index in [1.54, 1.807) is 0 Å². The summed E-state index contributed by atoms with van der Waals surface area (Å²) in [6.45, 7) is 6.41. The molecule has 6 nitrogen and oxygen atoms in total. The third-order valence-electron chi connectivity index (χ3n) is 14.3. The van der Waals surface area contributed by atoms with Gasteiger partial charge in [-0.3, -0.25) is 14.4 Å². The molecule has 6 heteroatoms. The molecular weight excluding hydrogens is 961 g/mol. The second-order valence-corrected chi connectivity index (χ2v) is 22.0. The van der Waals surface area contributed by atoms with Crippen LogP contribution in [0.1, 0.15) is 323 Å². The van der Waals surface area contributed by atoms with Crippen molar-refractivity contribution in [1.29, 1.82) is 0 Å². The van der Waals surface area contributed by atoms with Crippen LogP contribution in [0.5, 0.6) is 0 Å². The summed E-state index contributed by atoms with van der Waals surface area (Å²) >= 11 is 0. The average Bonchev–Trinajstić information content (AvgIpc) is 3.44. The molecule has 0 amide bonds. The van der Waals surface area contributed by atoms with Gasteiger partial charge in [-0.1, -0.05) is 285 Å². The Morgan fingerprint density at radius 2 is 0.500 bits per heavy atom. The zero-order valence-corrected chi connectivity index (χ0v) is 51.4. The highest BCUT2D eigenvalue weighted by atomic mass is 16.6. The van der Waals surface area contributed by atoms with Crippen molar-refractivity contribution in [3.8, 4) is 0 Å². The van der Waals surface area contributed by atoms with Gasteiger partial charge in [0.05, 0.1) is 0 Å². The molecule has 0 N–H and O–H groups in total. The van der Waals surface area contributed by atoms with Gasteiger partial charge < -0.3 is 14.2 Å². The van der Waals surface area contributed by atoms with Crippen molar-refractivity contribution < 1.29 is 28.6 Å². The van der Waals surface area contributed by atoms with Crippen LogP contribution >= 0.6 is 0 Å². The molecule has 78 heavy (non-hydrogen) atoms. The standard InChI is InChI=1S/C72H124O6/c1-4-7-10-13-16-19-22-25-27-29-31-32-33-34-35-36-37-38-39-40-41-43-44-47-50-53-56-59-62-65-71(74)77-68-69(67-76-70(73)64-61-58-55-52-49-46-24-21-18-15-12-9-6-3)78-72(75)66-63-60-57-54-51-48-45-42-30-28-26-23-20-17-14-11-8-5-2/h7,9-10,12,16,18-19,21,25,27-28,30-32,46,49,69H,4-6,8,11,13-15,17,20,22-24,26,29,33-45,47-48,50-68H2,1-3H3/b10-7-,12-9-,19-16-,21-18-,27-25-,30-28-,32-31-,49-46-. The Morgan fingerprint density at radius 3 is 0.808 bits per heavy atom. The molecule has 0 aliphatic heterocycles.